The number of piperidine rings is 1. The lowest BCUT2D eigenvalue weighted by molar-refractivity contribution is -0.0504. The summed E-state index contributed by atoms with van der Waals surface area (Å²) in [4.78, 5) is 6.70. The molecule has 0 amide bonds. The van der Waals surface area contributed by atoms with E-state index in [1.54, 1.807) is 31.3 Å². The van der Waals surface area contributed by atoms with Gasteiger partial charge < -0.3 is 20.3 Å². The number of hydrogen-bond acceptors (Lipinski definition) is 3. The topological polar surface area (TPSA) is 48.9 Å². The number of para-hydroxylation sites is 1. The molecule has 1 saturated heterocycles. The van der Waals surface area contributed by atoms with Crippen LogP contribution in [0.4, 0.5) is 8.78 Å². The lowest BCUT2D eigenvalue weighted by atomic mass is 10.0. The van der Waals surface area contributed by atoms with Crippen LogP contribution in [0, 0.1) is 0 Å². The standard InChI is InChI=1S/C18H28F2N4O.HI/c1-13(2)24-10-8-15(9-11-24)23-18(21-3)22-12-14-6-4-5-7-16(14)25-17(19)20;/h4-7,13,15,17H,8-12H2,1-3H3,(H2,21,22,23);1H. The molecule has 8 heteroatoms. The Morgan fingerprint density at radius 2 is 1.92 bits per heavy atom. The molecule has 0 atom stereocenters. The summed E-state index contributed by atoms with van der Waals surface area (Å²) in [6.07, 6.45) is 2.12. The smallest absolute Gasteiger partial charge is 0.387 e. The lowest BCUT2D eigenvalue weighted by Crippen LogP contribution is -2.49. The van der Waals surface area contributed by atoms with Crippen LogP contribution in [0.25, 0.3) is 0 Å². The number of hydrogen-bond donors (Lipinski definition) is 2. The Bertz CT molecular complexity index is 564. The second-order valence-electron chi connectivity index (χ2n) is 6.46. The summed E-state index contributed by atoms with van der Waals surface area (Å²) in [6, 6.07) is 7.72. The monoisotopic (exact) mass is 482 g/mol. The van der Waals surface area contributed by atoms with Crippen LogP contribution in [-0.2, 0) is 6.54 Å². The van der Waals surface area contributed by atoms with Crippen molar-refractivity contribution in [3.8, 4) is 5.75 Å². The van der Waals surface area contributed by atoms with E-state index < -0.39 is 6.61 Å². The van der Waals surface area contributed by atoms with Crippen molar-refractivity contribution in [2.24, 2.45) is 4.99 Å². The first-order valence-electron chi connectivity index (χ1n) is 8.73. The summed E-state index contributed by atoms with van der Waals surface area (Å²) in [5.74, 6) is 0.862. The minimum atomic E-state index is -2.83. The van der Waals surface area contributed by atoms with Gasteiger partial charge in [-0.15, -0.1) is 24.0 Å². The van der Waals surface area contributed by atoms with E-state index in [2.05, 4.69) is 39.1 Å². The molecule has 5 nitrogen and oxygen atoms in total. The third-order valence-corrected chi connectivity index (χ3v) is 4.46. The normalized spacial score (nSPS) is 16.5. The van der Waals surface area contributed by atoms with Gasteiger partial charge in [-0.2, -0.15) is 8.78 Å². The minimum Gasteiger partial charge on any atom is -0.434 e. The van der Waals surface area contributed by atoms with Crippen LogP contribution in [0.15, 0.2) is 29.3 Å². The van der Waals surface area contributed by atoms with Gasteiger partial charge in [0, 0.05) is 44.3 Å². The van der Waals surface area contributed by atoms with Crippen LogP contribution >= 0.6 is 24.0 Å². The van der Waals surface area contributed by atoms with Crippen molar-refractivity contribution in [2.75, 3.05) is 20.1 Å². The fourth-order valence-corrected chi connectivity index (χ4v) is 2.99. The SMILES string of the molecule is CN=C(NCc1ccccc1OC(F)F)NC1CCN(C(C)C)CC1.I. The molecular formula is C18H29F2IN4O. The quantitative estimate of drug-likeness (QED) is 0.371. The van der Waals surface area contributed by atoms with Gasteiger partial charge in [-0.3, -0.25) is 4.99 Å². The zero-order valence-corrected chi connectivity index (χ0v) is 17.9. The minimum absolute atomic E-state index is 0. The van der Waals surface area contributed by atoms with Crippen molar-refractivity contribution in [2.45, 2.75) is 51.9 Å². The van der Waals surface area contributed by atoms with E-state index in [9.17, 15) is 8.78 Å². The zero-order valence-electron chi connectivity index (χ0n) is 15.5. The highest BCUT2D eigenvalue weighted by Crippen LogP contribution is 2.20. The van der Waals surface area contributed by atoms with Gasteiger partial charge in [0.15, 0.2) is 5.96 Å². The molecule has 1 aliphatic heterocycles. The van der Waals surface area contributed by atoms with Gasteiger partial charge in [-0.05, 0) is 32.8 Å². The summed E-state index contributed by atoms with van der Waals surface area (Å²) in [7, 11) is 1.71. The average molecular weight is 482 g/mol. The van der Waals surface area contributed by atoms with Gasteiger partial charge in [-0.1, -0.05) is 18.2 Å². The Hall–Kier alpha value is -1.16. The number of guanidine groups is 1. The van der Waals surface area contributed by atoms with E-state index in [4.69, 9.17) is 0 Å². The number of alkyl halides is 2. The number of likely N-dealkylation sites (tertiary alicyclic amines) is 1. The van der Waals surface area contributed by atoms with Crippen LogP contribution in [0.3, 0.4) is 0 Å². The van der Waals surface area contributed by atoms with Crippen LogP contribution in [0.5, 0.6) is 5.75 Å². The molecule has 148 valence electrons. The maximum atomic E-state index is 12.5. The number of benzene rings is 1. The van der Waals surface area contributed by atoms with Crippen molar-refractivity contribution in [3.63, 3.8) is 0 Å². The van der Waals surface area contributed by atoms with Gasteiger partial charge in [0.1, 0.15) is 5.75 Å². The summed E-state index contributed by atoms with van der Waals surface area (Å²) >= 11 is 0. The molecule has 0 radical (unpaired) electrons. The zero-order chi connectivity index (χ0) is 18.2. The van der Waals surface area contributed by atoms with Gasteiger partial charge in [0.05, 0.1) is 0 Å². The summed E-state index contributed by atoms with van der Waals surface area (Å²) in [5.41, 5.74) is 0.667. The maximum Gasteiger partial charge on any atom is 0.387 e. The molecule has 0 aliphatic carbocycles. The van der Waals surface area contributed by atoms with Crippen molar-refractivity contribution in [1.29, 1.82) is 0 Å². The number of halogens is 3. The van der Waals surface area contributed by atoms with Crippen LogP contribution in [0.1, 0.15) is 32.3 Å². The molecule has 2 N–H and O–H groups in total. The number of ether oxygens (including phenoxy) is 1. The Morgan fingerprint density at radius 1 is 1.27 bits per heavy atom. The third-order valence-electron chi connectivity index (χ3n) is 4.46. The third kappa shape index (κ3) is 7.22. The molecule has 2 rings (SSSR count). The first-order valence-corrected chi connectivity index (χ1v) is 8.73. The fourth-order valence-electron chi connectivity index (χ4n) is 2.99. The summed E-state index contributed by atoms with van der Waals surface area (Å²) < 4.78 is 29.5. The highest BCUT2D eigenvalue weighted by Gasteiger charge is 2.21. The molecule has 26 heavy (non-hydrogen) atoms. The predicted octanol–water partition coefficient (Wildman–Crippen LogP) is 3.44. The Labute approximate surface area is 171 Å². The van der Waals surface area contributed by atoms with E-state index in [1.807, 2.05) is 0 Å². The average Bonchev–Trinajstić information content (AvgIpc) is 2.59. The molecular weight excluding hydrogens is 453 g/mol. The van der Waals surface area contributed by atoms with Crippen molar-refractivity contribution < 1.29 is 13.5 Å². The van der Waals surface area contributed by atoms with E-state index in [0.717, 1.165) is 25.9 Å². The number of aliphatic imine (C=N–C) groups is 1. The highest BCUT2D eigenvalue weighted by atomic mass is 127. The van der Waals surface area contributed by atoms with Crippen LogP contribution in [-0.4, -0.2) is 49.7 Å². The molecule has 1 heterocycles. The maximum absolute atomic E-state index is 12.5. The van der Waals surface area contributed by atoms with Crippen molar-refractivity contribution in [1.82, 2.24) is 15.5 Å². The molecule has 1 aromatic rings. The summed E-state index contributed by atoms with van der Waals surface area (Å²) in [6.45, 7) is 4.10. The second kappa shape index (κ2) is 11.5. The molecule has 1 aromatic carbocycles. The van der Waals surface area contributed by atoms with Gasteiger partial charge in [0.2, 0.25) is 0 Å². The molecule has 0 bridgehead atoms. The predicted molar refractivity (Wildman–Crippen MR) is 112 cm³/mol. The van der Waals surface area contributed by atoms with E-state index in [-0.39, 0.29) is 29.7 Å². The molecule has 0 unspecified atom stereocenters. The van der Waals surface area contributed by atoms with Gasteiger partial charge >= 0.3 is 6.61 Å². The largest absolute Gasteiger partial charge is 0.434 e. The van der Waals surface area contributed by atoms with Crippen molar-refractivity contribution >= 4 is 29.9 Å². The first-order chi connectivity index (χ1) is 12.0. The first kappa shape index (κ1) is 22.9. The van der Waals surface area contributed by atoms with E-state index >= 15 is 0 Å². The number of nitrogens with one attached hydrogen (secondary N) is 2. The van der Waals surface area contributed by atoms with E-state index in [0.29, 0.717) is 30.2 Å². The van der Waals surface area contributed by atoms with Gasteiger partial charge in [-0.25, -0.2) is 0 Å². The van der Waals surface area contributed by atoms with Crippen LogP contribution in [0.2, 0.25) is 0 Å². The van der Waals surface area contributed by atoms with Crippen LogP contribution < -0.4 is 15.4 Å². The van der Waals surface area contributed by atoms with E-state index in [1.165, 1.54) is 0 Å². The molecule has 0 aromatic heterocycles. The second-order valence-corrected chi connectivity index (χ2v) is 6.46. The molecule has 0 spiro atoms. The molecule has 1 aliphatic rings. The fraction of sp³-hybridized carbons (Fsp3) is 0.611. The van der Waals surface area contributed by atoms with Gasteiger partial charge in [0.25, 0.3) is 0 Å². The number of rotatable bonds is 6. The Balaban J connectivity index is 0.00000338. The lowest BCUT2D eigenvalue weighted by Gasteiger charge is -2.35. The highest BCUT2D eigenvalue weighted by molar-refractivity contribution is 14.0. The summed E-state index contributed by atoms with van der Waals surface area (Å²) in [5, 5.41) is 6.60. The molecule has 1 fully saturated rings. The molecule has 0 saturated carbocycles. The Morgan fingerprint density at radius 3 is 2.50 bits per heavy atom. The number of nitrogens with zero attached hydrogens (tertiary/aromatic N) is 2. The Kier molecular flexibility index (Phi) is 10.1. The van der Waals surface area contributed by atoms with Crippen molar-refractivity contribution in [3.05, 3.63) is 29.8 Å².